The van der Waals surface area contributed by atoms with Gasteiger partial charge in [0.15, 0.2) is 6.10 Å². The SMILES string of the molecule is O=CC[C@H](O)[C@@H](O)[C@H](O)C(F)(F)F. The third kappa shape index (κ3) is 3.71. The second kappa shape index (κ2) is 4.54. The molecule has 7 heteroatoms. The van der Waals surface area contributed by atoms with Crippen LogP contribution in [0.25, 0.3) is 0 Å². The monoisotopic (exact) mass is 202 g/mol. The van der Waals surface area contributed by atoms with Crippen molar-refractivity contribution >= 4 is 6.29 Å². The van der Waals surface area contributed by atoms with Gasteiger partial charge < -0.3 is 20.1 Å². The molecule has 0 aromatic carbocycles. The molecular weight excluding hydrogens is 193 g/mol. The summed E-state index contributed by atoms with van der Waals surface area (Å²) in [6, 6.07) is 0. The van der Waals surface area contributed by atoms with E-state index in [-0.39, 0.29) is 6.29 Å². The molecule has 0 amide bonds. The highest BCUT2D eigenvalue weighted by molar-refractivity contribution is 5.50. The standard InChI is InChI=1S/C6H9F3O4/c7-6(8,9)5(13)4(12)3(11)1-2-10/h2-5,11-13H,1H2/t3-,4+,5-/m0/s1. The molecule has 0 aliphatic heterocycles. The van der Waals surface area contributed by atoms with Gasteiger partial charge in [-0.25, -0.2) is 0 Å². The molecule has 0 fully saturated rings. The van der Waals surface area contributed by atoms with Crippen LogP contribution in [-0.4, -0.2) is 46.1 Å². The van der Waals surface area contributed by atoms with Gasteiger partial charge in [-0.1, -0.05) is 0 Å². The summed E-state index contributed by atoms with van der Waals surface area (Å²) in [5.74, 6) is 0. The van der Waals surface area contributed by atoms with Gasteiger partial charge in [0.05, 0.1) is 6.10 Å². The smallest absolute Gasteiger partial charge is 0.390 e. The van der Waals surface area contributed by atoms with Gasteiger partial charge in [0.2, 0.25) is 0 Å². The summed E-state index contributed by atoms with van der Waals surface area (Å²) in [5, 5.41) is 25.8. The predicted molar refractivity (Wildman–Crippen MR) is 34.8 cm³/mol. The molecule has 0 heterocycles. The van der Waals surface area contributed by atoms with Crippen molar-refractivity contribution in [3.05, 3.63) is 0 Å². The Balaban J connectivity index is 4.24. The minimum Gasteiger partial charge on any atom is -0.390 e. The zero-order valence-electron chi connectivity index (χ0n) is 6.40. The quantitative estimate of drug-likeness (QED) is 0.522. The van der Waals surface area contributed by atoms with Crippen molar-refractivity contribution in [2.45, 2.75) is 30.9 Å². The Bertz CT molecular complexity index is 170. The molecule has 0 saturated carbocycles. The van der Waals surface area contributed by atoms with E-state index < -0.39 is 30.9 Å². The topological polar surface area (TPSA) is 77.8 Å². The van der Waals surface area contributed by atoms with Crippen molar-refractivity contribution in [1.82, 2.24) is 0 Å². The third-order valence-electron chi connectivity index (χ3n) is 1.39. The molecule has 0 aliphatic rings. The first-order valence-electron chi connectivity index (χ1n) is 3.35. The van der Waals surface area contributed by atoms with Crippen LogP contribution < -0.4 is 0 Å². The first-order valence-corrected chi connectivity index (χ1v) is 3.35. The lowest BCUT2D eigenvalue weighted by atomic mass is 10.1. The molecule has 3 N–H and O–H groups in total. The lowest BCUT2D eigenvalue weighted by molar-refractivity contribution is -0.241. The molecular formula is C6H9F3O4. The van der Waals surface area contributed by atoms with E-state index in [1.165, 1.54) is 0 Å². The summed E-state index contributed by atoms with van der Waals surface area (Å²) >= 11 is 0. The fourth-order valence-corrected chi connectivity index (χ4v) is 0.642. The van der Waals surface area contributed by atoms with Crippen molar-refractivity contribution in [3.63, 3.8) is 0 Å². The number of alkyl halides is 3. The summed E-state index contributed by atoms with van der Waals surface area (Å²) in [7, 11) is 0. The molecule has 0 saturated heterocycles. The van der Waals surface area contributed by atoms with Crippen molar-refractivity contribution in [2.75, 3.05) is 0 Å². The van der Waals surface area contributed by atoms with Crippen LogP contribution in [0.2, 0.25) is 0 Å². The number of carbonyl (C=O) groups excluding carboxylic acids is 1. The van der Waals surface area contributed by atoms with E-state index in [0.717, 1.165) is 0 Å². The van der Waals surface area contributed by atoms with Crippen molar-refractivity contribution in [1.29, 1.82) is 0 Å². The first-order chi connectivity index (χ1) is 5.80. The van der Waals surface area contributed by atoms with E-state index in [1.807, 2.05) is 0 Å². The largest absolute Gasteiger partial charge is 0.417 e. The van der Waals surface area contributed by atoms with Crippen LogP contribution in [-0.2, 0) is 4.79 Å². The van der Waals surface area contributed by atoms with Gasteiger partial charge in [-0.15, -0.1) is 0 Å². The summed E-state index contributed by atoms with van der Waals surface area (Å²) in [4.78, 5) is 9.76. The zero-order chi connectivity index (χ0) is 10.6. The summed E-state index contributed by atoms with van der Waals surface area (Å²) in [6.07, 6.45) is -12.9. The van der Waals surface area contributed by atoms with E-state index in [2.05, 4.69) is 0 Å². The van der Waals surface area contributed by atoms with Crippen LogP contribution in [0, 0.1) is 0 Å². The minimum atomic E-state index is -5.01. The first kappa shape index (κ1) is 12.3. The fraction of sp³-hybridized carbons (Fsp3) is 0.833. The van der Waals surface area contributed by atoms with Gasteiger partial charge in [0, 0.05) is 6.42 Å². The number of halogens is 3. The van der Waals surface area contributed by atoms with Crippen molar-refractivity contribution < 1.29 is 33.3 Å². The van der Waals surface area contributed by atoms with Gasteiger partial charge in [0.25, 0.3) is 0 Å². The Morgan fingerprint density at radius 1 is 1.23 bits per heavy atom. The average molecular weight is 202 g/mol. The maximum atomic E-state index is 11.7. The molecule has 0 aliphatic carbocycles. The molecule has 0 radical (unpaired) electrons. The summed E-state index contributed by atoms with van der Waals surface area (Å²) < 4.78 is 35.1. The molecule has 0 bridgehead atoms. The number of hydrogen-bond donors (Lipinski definition) is 3. The average Bonchev–Trinajstić information content (AvgIpc) is 2.00. The fourth-order valence-electron chi connectivity index (χ4n) is 0.642. The van der Waals surface area contributed by atoms with Crippen molar-refractivity contribution in [2.24, 2.45) is 0 Å². The van der Waals surface area contributed by atoms with Crippen LogP contribution in [0.15, 0.2) is 0 Å². The number of aliphatic hydroxyl groups excluding tert-OH is 3. The molecule has 0 aromatic heterocycles. The van der Waals surface area contributed by atoms with Crippen LogP contribution >= 0.6 is 0 Å². The Kier molecular flexibility index (Phi) is 4.31. The Morgan fingerprint density at radius 3 is 2.00 bits per heavy atom. The van der Waals surface area contributed by atoms with Gasteiger partial charge in [-0.05, 0) is 0 Å². The highest BCUT2D eigenvalue weighted by atomic mass is 19.4. The highest BCUT2D eigenvalue weighted by Gasteiger charge is 2.45. The number of hydrogen-bond acceptors (Lipinski definition) is 4. The molecule has 0 spiro atoms. The molecule has 3 atom stereocenters. The normalized spacial score (nSPS) is 19.2. The molecule has 78 valence electrons. The molecule has 13 heavy (non-hydrogen) atoms. The Hall–Kier alpha value is -0.660. The maximum Gasteiger partial charge on any atom is 0.417 e. The summed E-state index contributed by atoms with van der Waals surface area (Å²) in [6.45, 7) is 0. The van der Waals surface area contributed by atoms with E-state index in [9.17, 15) is 18.0 Å². The van der Waals surface area contributed by atoms with Crippen LogP contribution in [0.3, 0.4) is 0 Å². The maximum absolute atomic E-state index is 11.7. The molecule has 4 nitrogen and oxygen atoms in total. The second-order valence-electron chi connectivity index (χ2n) is 2.45. The van der Waals surface area contributed by atoms with Gasteiger partial charge in [-0.2, -0.15) is 13.2 Å². The summed E-state index contributed by atoms with van der Waals surface area (Å²) in [5.41, 5.74) is 0. The molecule has 0 aromatic rings. The van der Waals surface area contributed by atoms with Crippen molar-refractivity contribution in [3.8, 4) is 0 Å². The lowest BCUT2D eigenvalue weighted by Gasteiger charge is -2.23. The van der Waals surface area contributed by atoms with Crippen LogP contribution in [0.5, 0.6) is 0 Å². The molecule has 0 rings (SSSR count). The van der Waals surface area contributed by atoms with Crippen LogP contribution in [0.1, 0.15) is 6.42 Å². The Morgan fingerprint density at radius 2 is 1.69 bits per heavy atom. The number of rotatable bonds is 4. The third-order valence-corrected chi connectivity index (χ3v) is 1.39. The van der Waals surface area contributed by atoms with Gasteiger partial charge >= 0.3 is 6.18 Å². The minimum absolute atomic E-state index is 0.150. The highest BCUT2D eigenvalue weighted by Crippen LogP contribution is 2.24. The number of carbonyl (C=O) groups is 1. The van der Waals surface area contributed by atoms with E-state index >= 15 is 0 Å². The lowest BCUT2D eigenvalue weighted by Crippen LogP contribution is -2.46. The van der Waals surface area contributed by atoms with E-state index in [1.54, 1.807) is 0 Å². The predicted octanol–water partition coefficient (Wildman–Crippen LogP) is -0.780. The van der Waals surface area contributed by atoms with E-state index in [0.29, 0.717) is 0 Å². The molecule has 0 unspecified atom stereocenters. The van der Waals surface area contributed by atoms with Gasteiger partial charge in [0.1, 0.15) is 12.4 Å². The number of aldehydes is 1. The van der Waals surface area contributed by atoms with E-state index in [4.69, 9.17) is 15.3 Å². The zero-order valence-corrected chi connectivity index (χ0v) is 6.40. The Labute approximate surface area is 71.6 Å². The number of aliphatic hydroxyl groups is 3. The second-order valence-corrected chi connectivity index (χ2v) is 2.45. The van der Waals surface area contributed by atoms with Gasteiger partial charge in [-0.3, -0.25) is 0 Å². The van der Waals surface area contributed by atoms with Crippen LogP contribution in [0.4, 0.5) is 13.2 Å².